The minimum Gasteiger partial charge on any atom is -0.383 e. The molecule has 2 aromatic rings. The Morgan fingerprint density at radius 3 is 2.86 bits per heavy atom. The molecule has 118 valence electrons. The van der Waals surface area contributed by atoms with Gasteiger partial charge in [0.05, 0.1) is 17.6 Å². The highest BCUT2D eigenvalue weighted by Crippen LogP contribution is 2.18. The van der Waals surface area contributed by atoms with Gasteiger partial charge in [0.25, 0.3) is 5.56 Å². The van der Waals surface area contributed by atoms with Gasteiger partial charge in [-0.25, -0.2) is 9.07 Å². The molecule has 0 fully saturated rings. The van der Waals surface area contributed by atoms with Gasteiger partial charge in [0.2, 0.25) is 0 Å². The standard InChI is InChI=1S/C15H18BrFN4O/c1-20(13-7-4-3-6-11(13)17)9-5-8-18-12-10-19-21(2)15(22)14(12)16/h3-4,6-7,10,18H,5,8-9H2,1-2H3. The molecule has 0 aliphatic heterocycles. The van der Waals surface area contributed by atoms with E-state index < -0.39 is 0 Å². The summed E-state index contributed by atoms with van der Waals surface area (Å²) in [5.74, 6) is -0.226. The first-order valence-electron chi connectivity index (χ1n) is 6.92. The van der Waals surface area contributed by atoms with E-state index in [1.807, 2.05) is 18.0 Å². The number of aryl methyl sites for hydroxylation is 1. The number of para-hydroxylation sites is 1. The second kappa shape index (κ2) is 7.40. The van der Waals surface area contributed by atoms with E-state index in [0.29, 0.717) is 28.9 Å². The van der Waals surface area contributed by atoms with E-state index >= 15 is 0 Å². The Hall–Kier alpha value is -1.89. The lowest BCUT2D eigenvalue weighted by Gasteiger charge is -2.20. The molecule has 0 radical (unpaired) electrons. The van der Waals surface area contributed by atoms with Crippen molar-refractivity contribution >= 4 is 27.3 Å². The summed E-state index contributed by atoms with van der Waals surface area (Å²) in [5.41, 5.74) is 1.06. The Morgan fingerprint density at radius 2 is 2.14 bits per heavy atom. The van der Waals surface area contributed by atoms with E-state index in [4.69, 9.17) is 0 Å². The first-order valence-corrected chi connectivity index (χ1v) is 7.71. The van der Waals surface area contributed by atoms with Crippen LogP contribution in [-0.2, 0) is 7.05 Å². The van der Waals surface area contributed by atoms with Crippen LogP contribution in [0.1, 0.15) is 6.42 Å². The SMILES string of the molecule is CN(CCCNc1cnn(C)c(=O)c1Br)c1ccccc1F. The quantitative estimate of drug-likeness (QED) is 0.796. The Kier molecular flexibility index (Phi) is 5.54. The first kappa shape index (κ1) is 16.5. The predicted molar refractivity (Wildman–Crippen MR) is 90.0 cm³/mol. The number of nitrogens with zero attached hydrogens (tertiary/aromatic N) is 3. The van der Waals surface area contributed by atoms with Crippen molar-refractivity contribution in [3.63, 3.8) is 0 Å². The van der Waals surface area contributed by atoms with Crippen molar-refractivity contribution < 1.29 is 4.39 Å². The van der Waals surface area contributed by atoms with Crippen LogP contribution in [0.4, 0.5) is 15.8 Å². The number of anilines is 2. The fraction of sp³-hybridized carbons (Fsp3) is 0.333. The highest BCUT2D eigenvalue weighted by molar-refractivity contribution is 9.10. The van der Waals surface area contributed by atoms with Crippen LogP contribution in [-0.4, -0.2) is 29.9 Å². The second-order valence-corrected chi connectivity index (χ2v) is 5.75. The number of benzene rings is 1. The van der Waals surface area contributed by atoms with Gasteiger partial charge >= 0.3 is 0 Å². The molecule has 0 saturated heterocycles. The van der Waals surface area contributed by atoms with Crippen molar-refractivity contribution in [3.05, 3.63) is 51.1 Å². The Balaban J connectivity index is 1.86. The smallest absolute Gasteiger partial charge is 0.282 e. The molecule has 1 N–H and O–H groups in total. The van der Waals surface area contributed by atoms with E-state index in [2.05, 4.69) is 26.3 Å². The van der Waals surface area contributed by atoms with Crippen LogP contribution in [0.3, 0.4) is 0 Å². The fourth-order valence-corrected chi connectivity index (χ4v) is 2.55. The third-order valence-corrected chi connectivity index (χ3v) is 4.09. The van der Waals surface area contributed by atoms with Gasteiger partial charge in [0, 0.05) is 27.2 Å². The lowest BCUT2D eigenvalue weighted by molar-refractivity contribution is 0.621. The molecule has 0 saturated carbocycles. The molecular formula is C15H18BrFN4O. The molecule has 0 atom stereocenters. The van der Waals surface area contributed by atoms with Crippen LogP contribution in [0.2, 0.25) is 0 Å². The minimum absolute atomic E-state index is 0.187. The van der Waals surface area contributed by atoms with Gasteiger partial charge < -0.3 is 10.2 Å². The molecule has 5 nitrogen and oxygen atoms in total. The Labute approximate surface area is 136 Å². The van der Waals surface area contributed by atoms with Crippen LogP contribution < -0.4 is 15.8 Å². The van der Waals surface area contributed by atoms with E-state index in [1.165, 1.54) is 10.7 Å². The van der Waals surface area contributed by atoms with Gasteiger partial charge in [0.1, 0.15) is 10.3 Å². The van der Waals surface area contributed by atoms with Crippen LogP contribution in [0.15, 0.2) is 39.7 Å². The summed E-state index contributed by atoms with van der Waals surface area (Å²) in [6.45, 7) is 1.36. The molecule has 22 heavy (non-hydrogen) atoms. The second-order valence-electron chi connectivity index (χ2n) is 4.95. The first-order chi connectivity index (χ1) is 10.5. The summed E-state index contributed by atoms with van der Waals surface area (Å²) in [6, 6.07) is 6.70. The molecule has 1 aromatic carbocycles. The van der Waals surface area contributed by atoms with E-state index in [-0.39, 0.29) is 11.4 Å². The molecule has 1 heterocycles. The van der Waals surface area contributed by atoms with Crippen molar-refractivity contribution in [1.82, 2.24) is 9.78 Å². The average molecular weight is 369 g/mol. The zero-order valence-electron chi connectivity index (χ0n) is 12.5. The third-order valence-electron chi connectivity index (χ3n) is 3.33. The summed E-state index contributed by atoms with van der Waals surface area (Å²) in [7, 11) is 3.45. The molecule has 2 rings (SSSR count). The van der Waals surface area contributed by atoms with Gasteiger partial charge in [-0.2, -0.15) is 5.10 Å². The molecule has 0 aliphatic rings. The molecule has 0 aliphatic carbocycles. The van der Waals surface area contributed by atoms with Crippen LogP contribution in [0.5, 0.6) is 0 Å². The number of hydrogen-bond donors (Lipinski definition) is 1. The molecule has 0 bridgehead atoms. The summed E-state index contributed by atoms with van der Waals surface area (Å²) < 4.78 is 15.4. The number of rotatable bonds is 6. The topological polar surface area (TPSA) is 50.2 Å². The number of aromatic nitrogens is 2. The van der Waals surface area contributed by atoms with E-state index in [9.17, 15) is 9.18 Å². The Bertz CT molecular complexity index is 704. The van der Waals surface area contributed by atoms with Gasteiger partial charge in [-0.05, 0) is 34.5 Å². The summed E-state index contributed by atoms with van der Waals surface area (Å²) in [6.07, 6.45) is 2.40. The molecule has 0 unspecified atom stereocenters. The van der Waals surface area contributed by atoms with Gasteiger partial charge in [-0.15, -0.1) is 0 Å². The molecule has 0 spiro atoms. The lowest BCUT2D eigenvalue weighted by Crippen LogP contribution is -2.23. The maximum Gasteiger partial charge on any atom is 0.282 e. The largest absolute Gasteiger partial charge is 0.383 e. The molecule has 1 aromatic heterocycles. The van der Waals surface area contributed by atoms with Crippen molar-refractivity contribution in [2.45, 2.75) is 6.42 Å². The maximum atomic E-state index is 13.6. The molecular weight excluding hydrogens is 351 g/mol. The maximum absolute atomic E-state index is 13.6. The summed E-state index contributed by atoms with van der Waals surface area (Å²) >= 11 is 3.26. The van der Waals surface area contributed by atoms with Crippen LogP contribution >= 0.6 is 15.9 Å². The van der Waals surface area contributed by atoms with E-state index in [0.717, 1.165) is 6.42 Å². The average Bonchev–Trinajstić information content (AvgIpc) is 2.51. The van der Waals surface area contributed by atoms with Crippen molar-refractivity contribution in [2.75, 3.05) is 30.4 Å². The van der Waals surface area contributed by atoms with Crippen molar-refractivity contribution in [1.29, 1.82) is 0 Å². The normalized spacial score (nSPS) is 10.5. The molecule has 7 heteroatoms. The zero-order chi connectivity index (χ0) is 16.1. The van der Waals surface area contributed by atoms with Crippen LogP contribution in [0, 0.1) is 5.82 Å². The number of halogens is 2. The van der Waals surface area contributed by atoms with E-state index in [1.54, 1.807) is 25.4 Å². The van der Waals surface area contributed by atoms with Gasteiger partial charge in [0.15, 0.2) is 0 Å². The highest BCUT2D eigenvalue weighted by atomic mass is 79.9. The number of hydrogen-bond acceptors (Lipinski definition) is 4. The zero-order valence-corrected chi connectivity index (χ0v) is 14.1. The monoisotopic (exact) mass is 368 g/mol. The Morgan fingerprint density at radius 1 is 1.41 bits per heavy atom. The summed E-state index contributed by atoms with van der Waals surface area (Å²) in [5, 5.41) is 7.12. The van der Waals surface area contributed by atoms with Crippen LogP contribution in [0.25, 0.3) is 0 Å². The van der Waals surface area contributed by atoms with Gasteiger partial charge in [-0.1, -0.05) is 12.1 Å². The van der Waals surface area contributed by atoms with Crippen molar-refractivity contribution in [3.8, 4) is 0 Å². The summed E-state index contributed by atoms with van der Waals surface area (Å²) in [4.78, 5) is 13.6. The number of nitrogens with one attached hydrogen (secondary N) is 1. The van der Waals surface area contributed by atoms with Crippen molar-refractivity contribution in [2.24, 2.45) is 7.05 Å². The lowest BCUT2D eigenvalue weighted by atomic mass is 10.2. The highest BCUT2D eigenvalue weighted by Gasteiger charge is 2.08. The molecule has 0 amide bonds. The fourth-order valence-electron chi connectivity index (χ4n) is 2.05. The van der Waals surface area contributed by atoms with Gasteiger partial charge in [-0.3, -0.25) is 4.79 Å². The predicted octanol–water partition coefficient (Wildman–Crippen LogP) is 2.62. The minimum atomic E-state index is -0.226. The third kappa shape index (κ3) is 3.85.